The molecule has 24 heavy (non-hydrogen) atoms. The molecule has 0 atom stereocenters. The van der Waals surface area contributed by atoms with E-state index in [0.717, 1.165) is 5.52 Å². The third kappa shape index (κ3) is 4.05. The summed E-state index contributed by atoms with van der Waals surface area (Å²) < 4.78 is 6.90. The zero-order valence-corrected chi connectivity index (χ0v) is 14.2. The van der Waals surface area contributed by atoms with E-state index < -0.39 is 17.9 Å². The van der Waals surface area contributed by atoms with Crippen LogP contribution in [0.4, 0.5) is 4.79 Å². The predicted octanol–water partition coefficient (Wildman–Crippen LogP) is 1.52. The maximum Gasteiger partial charge on any atom is 0.338 e. The highest BCUT2D eigenvalue weighted by atomic mass is 32.2. The average Bonchev–Trinajstić information content (AvgIpc) is 2.89. The number of imidazole rings is 1. The van der Waals surface area contributed by atoms with Gasteiger partial charge in [-0.25, -0.2) is 14.6 Å². The lowest BCUT2D eigenvalue weighted by Crippen LogP contribution is -2.36. The molecule has 2 rings (SSSR count). The van der Waals surface area contributed by atoms with Crippen LogP contribution < -0.4 is 11.1 Å². The number of thioether (sulfide) groups is 1. The lowest BCUT2D eigenvalue weighted by Gasteiger charge is -2.05. The van der Waals surface area contributed by atoms with Crippen LogP contribution in [0.2, 0.25) is 0 Å². The molecule has 1 aromatic carbocycles. The number of nitrogens with zero attached hydrogens (tertiary/aromatic N) is 2. The molecule has 0 spiro atoms. The molecule has 0 radical (unpaired) electrons. The normalized spacial score (nSPS) is 10.6. The van der Waals surface area contributed by atoms with Crippen LogP contribution in [0.1, 0.15) is 24.2 Å². The van der Waals surface area contributed by atoms with Crippen molar-refractivity contribution in [2.24, 2.45) is 5.73 Å². The van der Waals surface area contributed by atoms with Crippen molar-refractivity contribution in [2.45, 2.75) is 25.5 Å². The third-order valence-electron chi connectivity index (χ3n) is 3.14. The van der Waals surface area contributed by atoms with E-state index in [2.05, 4.69) is 4.98 Å². The number of carbonyl (C=O) groups excluding carboxylic acids is 3. The molecule has 9 heteroatoms. The SMILES string of the molecule is CCOC(=O)c1ccc2c(c1)nc(SCC(=O)NC(N)=O)n2CC. The first-order valence-corrected chi connectivity index (χ1v) is 8.34. The molecule has 3 amide bonds. The van der Waals surface area contributed by atoms with Crippen LogP contribution >= 0.6 is 11.8 Å². The molecule has 0 saturated heterocycles. The minimum absolute atomic E-state index is 0.0109. The van der Waals surface area contributed by atoms with Crippen LogP contribution in [0.3, 0.4) is 0 Å². The summed E-state index contributed by atoms with van der Waals surface area (Å²) in [6, 6.07) is 4.25. The molecule has 128 valence electrons. The van der Waals surface area contributed by atoms with Gasteiger partial charge in [0, 0.05) is 6.54 Å². The number of benzene rings is 1. The molecule has 3 N–H and O–H groups in total. The van der Waals surface area contributed by atoms with Crippen LogP contribution in [-0.2, 0) is 16.1 Å². The van der Waals surface area contributed by atoms with Gasteiger partial charge in [-0.2, -0.15) is 0 Å². The number of esters is 1. The first-order valence-electron chi connectivity index (χ1n) is 7.35. The Bertz CT molecular complexity index is 787. The van der Waals surface area contributed by atoms with Crippen LogP contribution in [0.5, 0.6) is 0 Å². The van der Waals surface area contributed by atoms with Gasteiger partial charge in [0.2, 0.25) is 5.91 Å². The smallest absolute Gasteiger partial charge is 0.338 e. The number of ether oxygens (including phenoxy) is 1. The Kier molecular flexibility index (Phi) is 5.80. The number of imide groups is 1. The van der Waals surface area contributed by atoms with Crippen molar-refractivity contribution in [3.05, 3.63) is 23.8 Å². The van der Waals surface area contributed by atoms with E-state index >= 15 is 0 Å². The van der Waals surface area contributed by atoms with E-state index in [1.165, 1.54) is 11.8 Å². The molecular formula is C15H18N4O4S. The van der Waals surface area contributed by atoms with Crippen LogP contribution in [-0.4, -0.2) is 39.8 Å². The van der Waals surface area contributed by atoms with Gasteiger partial charge in [-0.3, -0.25) is 10.1 Å². The Morgan fingerprint density at radius 3 is 2.71 bits per heavy atom. The lowest BCUT2D eigenvalue weighted by atomic mass is 10.2. The number of nitrogens with two attached hydrogens (primary N) is 1. The van der Waals surface area contributed by atoms with Crippen molar-refractivity contribution in [3.8, 4) is 0 Å². The highest BCUT2D eigenvalue weighted by molar-refractivity contribution is 7.99. The number of primary amides is 1. The largest absolute Gasteiger partial charge is 0.462 e. The first kappa shape index (κ1) is 17.8. The summed E-state index contributed by atoms with van der Waals surface area (Å²) in [7, 11) is 0. The number of hydrogen-bond acceptors (Lipinski definition) is 6. The number of hydrogen-bond donors (Lipinski definition) is 2. The van der Waals surface area contributed by atoms with Gasteiger partial charge in [0.1, 0.15) is 0 Å². The third-order valence-corrected chi connectivity index (χ3v) is 4.11. The monoisotopic (exact) mass is 350 g/mol. The molecule has 0 aliphatic heterocycles. The van der Waals surface area contributed by atoms with Crippen molar-refractivity contribution in [1.29, 1.82) is 0 Å². The van der Waals surface area contributed by atoms with Gasteiger partial charge >= 0.3 is 12.0 Å². The van der Waals surface area contributed by atoms with E-state index in [1.807, 2.05) is 16.8 Å². The molecular weight excluding hydrogens is 332 g/mol. The Balaban J connectivity index is 2.25. The Labute approximate surface area is 142 Å². The van der Waals surface area contributed by atoms with Crippen molar-refractivity contribution < 1.29 is 19.1 Å². The van der Waals surface area contributed by atoms with Gasteiger partial charge in [-0.15, -0.1) is 0 Å². The molecule has 8 nitrogen and oxygen atoms in total. The first-order chi connectivity index (χ1) is 11.5. The van der Waals surface area contributed by atoms with Gasteiger partial charge in [0.15, 0.2) is 5.16 Å². The molecule has 0 saturated carbocycles. The molecule has 0 aliphatic rings. The average molecular weight is 350 g/mol. The minimum atomic E-state index is -0.885. The van der Waals surface area contributed by atoms with Crippen LogP contribution in [0.25, 0.3) is 11.0 Å². The van der Waals surface area contributed by atoms with Gasteiger partial charge in [0.25, 0.3) is 0 Å². The van der Waals surface area contributed by atoms with Crippen LogP contribution in [0.15, 0.2) is 23.4 Å². The zero-order valence-electron chi connectivity index (χ0n) is 13.4. The number of aryl methyl sites for hydroxylation is 1. The van der Waals surface area contributed by atoms with Gasteiger partial charge < -0.3 is 15.0 Å². The molecule has 0 aliphatic carbocycles. The Morgan fingerprint density at radius 2 is 2.08 bits per heavy atom. The molecule has 1 heterocycles. The fourth-order valence-corrected chi connectivity index (χ4v) is 3.05. The second-order valence-corrected chi connectivity index (χ2v) is 5.71. The van der Waals surface area contributed by atoms with Crippen LogP contribution in [0, 0.1) is 0 Å². The molecule has 0 unspecified atom stereocenters. The molecule has 2 aromatic rings. The summed E-state index contributed by atoms with van der Waals surface area (Å²) in [4.78, 5) is 38.5. The fourth-order valence-electron chi connectivity index (χ4n) is 2.17. The van der Waals surface area contributed by atoms with E-state index in [-0.39, 0.29) is 5.75 Å². The highest BCUT2D eigenvalue weighted by Gasteiger charge is 2.15. The highest BCUT2D eigenvalue weighted by Crippen LogP contribution is 2.25. The number of carbonyl (C=O) groups is 3. The molecule has 0 bridgehead atoms. The van der Waals surface area contributed by atoms with Gasteiger partial charge in [-0.1, -0.05) is 11.8 Å². The number of nitrogens with one attached hydrogen (secondary N) is 1. The van der Waals surface area contributed by atoms with E-state index in [4.69, 9.17) is 10.5 Å². The number of amides is 3. The Hall–Kier alpha value is -2.55. The van der Waals surface area contributed by atoms with Crippen molar-refractivity contribution >= 4 is 40.7 Å². The topological polar surface area (TPSA) is 116 Å². The van der Waals surface area contributed by atoms with Gasteiger partial charge in [-0.05, 0) is 32.0 Å². The molecule has 0 fully saturated rings. The fraction of sp³-hybridized carbons (Fsp3) is 0.333. The summed E-state index contributed by atoms with van der Waals surface area (Å²) in [6.07, 6.45) is 0. The number of fused-ring (bicyclic) bond motifs is 1. The van der Waals surface area contributed by atoms with Crippen molar-refractivity contribution in [1.82, 2.24) is 14.9 Å². The second kappa shape index (κ2) is 7.82. The number of urea groups is 1. The predicted molar refractivity (Wildman–Crippen MR) is 89.8 cm³/mol. The maximum atomic E-state index is 11.8. The lowest BCUT2D eigenvalue weighted by molar-refractivity contribution is -0.117. The van der Waals surface area contributed by atoms with E-state index in [9.17, 15) is 14.4 Å². The molecule has 1 aromatic heterocycles. The second-order valence-electron chi connectivity index (χ2n) is 4.76. The van der Waals surface area contributed by atoms with E-state index in [0.29, 0.717) is 29.4 Å². The summed E-state index contributed by atoms with van der Waals surface area (Å²) >= 11 is 1.19. The quantitative estimate of drug-likeness (QED) is 0.603. The number of rotatable bonds is 6. The Morgan fingerprint density at radius 1 is 1.33 bits per heavy atom. The van der Waals surface area contributed by atoms with E-state index in [1.54, 1.807) is 25.1 Å². The summed E-state index contributed by atoms with van der Waals surface area (Å²) in [5, 5.41) is 2.62. The summed E-state index contributed by atoms with van der Waals surface area (Å²) in [5.41, 5.74) is 6.82. The zero-order chi connectivity index (χ0) is 17.7. The summed E-state index contributed by atoms with van der Waals surface area (Å²) in [6.45, 7) is 4.65. The number of aromatic nitrogens is 2. The van der Waals surface area contributed by atoms with Crippen molar-refractivity contribution in [2.75, 3.05) is 12.4 Å². The van der Waals surface area contributed by atoms with Gasteiger partial charge in [0.05, 0.1) is 29.0 Å². The summed E-state index contributed by atoms with van der Waals surface area (Å²) in [5.74, 6) is -0.883. The van der Waals surface area contributed by atoms with Crippen molar-refractivity contribution in [3.63, 3.8) is 0 Å². The minimum Gasteiger partial charge on any atom is -0.462 e. The standard InChI is InChI=1S/C15H18N4O4S/c1-3-19-11-6-5-9(13(21)23-4-2)7-10(11)17-15(19)24-8-12(20)18-14(16)22/h5-7H,3-4,8H2,1-2H3,(H3,16,18,20,22). The maximum absolute atomic E-state index is 11.8.